The molecule has 0 saturated carbocycles. The van der Waals surface area contributed by atoms with Crippen LogP contribution in [0.3, 0.4) is 0 Å². The molecule has 0 bridgehead atoms. The van der Waals surface area contributed by atoms with Gasteiger partial charge in [-0.05, 0) is 97.3 Å². The normalized spacial score (nSPS) is 15.6. The number of allylic oxidation sites excluding steroid dienone is 3. The summed E-state index contributed by atoms with van der Waals surface area (Å²) in [6, 6.07) is 0. The molecule has 1 nitrogen and oxygen atoms in total. The van der Waals surface area contributed by atoms with Crippen LogP contribution in [0.5, 0.6) is 0 Å². The average molecular weight is 305 g/mol. The van der Waals surface area contributed by atoms with E-state index in [9.17, 15) is 0 Å². The Morgan fingerprint density at radius 1 is 0.783 bits per heavy atom. The molecule has 3 rings (SSSR count). The first-order valence-corrected chi connectivity index (χ1v) is 8.38. The van der Waals surface area contributed by atoms with E-state index < -0.39 is 0 Å². The van der Waals surface area contributed by atoms with Crippen molar-refractivity contribution in [3.05, 3.63) is 63.4 Å². The predicted molar refractivity (Wildman–Crippen MR) is 103 cm³/mol. The van der Waals surface area contributed by atoms with Crippen molar-refractivity contribution >= 4 is 16.5 Å². The maximum absolute atomic E-state index is 3.88. The molecule has 0 saturated heterocycles. The third-order valence-electron chi connectivity index (χ3n) is 6.00. The van der Waals surface area contributed by atoms with Gasteiger partial charge in [-0.3, -0.25) is 0 Å². The Morgan fingerprint density at radius 3 is 1.87 bits per heavy atom. The summed E-state index contributed by atoms with van der Waals surface area (Å²) < 4.78 is 0. The summed E-state index contributed by atoms with van der Waals surface area (Å²) in [5.41, 5.74) is 12.8. The van der Waals surface area contributed by atoms with Crippen molar-refractivity contribution in [2.75, 3.05) is 11.9 Å². The van der Waals surface area contributed by atoms with Gasteiger partial charge in [-0.25, -0.2) is 0 Å². The van der Waals surface area contributed by atoms with Gasteiger partial charge in [0, 0.05) is 24.9 Å². The van der Waals surface area contributed by atoms with Gasteiger partial charge in [0.1, 0.15) is 0 Å². The Hall–Kier alpha value is -2.02. The lowest BCUT2D eigenvalue weighted by Gasteiger charge is -2.23. The first kappa shape index (κ1) is 15.9. The fourth-order valence-corrected chi connectivity index (χ4v) is 4.24. The molecule has 1 heterocycles. The SMILES string of the molecule is C=C/C=C1\Cc2c(c(C)c(C)c3c(C)c(C)c(C)c(C)c23)N1C. The number of rotatable bonds is 1. The van der Waals surface area contributed by atoms with Gasteiger partial charge in [0.2, 0.25) is 0 Å². The van der Waals surface area contributed by atoms with Crippen molar-refractivity contribution in [2.24, 2.45) is 0 Å². The predicted octanol–water partition coefficient (Wildman–Crippen LogP) is 5.75. The third kappa shape index (κ3) is 1.99. The summed E-state index contributed by atoms with van der Waals surface area (Å²) in [7, 11) is 2.18. The zero-order chi connectivity index (χ0) is 17.0. The third-order valence-corrected chi connectivity index (χ3v) is 6.00. The zero-order valence-corrected chi connectivity index (χ0v) is 15.5. The summed E-state index contributed by atoms with van der Waals surface area (Å²) in [5.74, 6) is 0. The number of likely N-dealkylation sites (N-methyl/N-ethyl adjacent to an activating group) is 1. The van der Waals surface area contributed by atoms with E-state index in [2.05, 4.69) is 66.1 Å². The van der Waals surface area contributed by atoms with Gasteiger partial charge < -0.3 is 4.90 Å². The Kier molecular flexibility index (Phi) is 3.63. The summed E-state index contributed by atoms with van der Waals surface area (Å²) in [6.07, 6.45) is 5.04. The van der Waals surface area contributed by atoms with E-state index >= 15 is 0 Å². The summed E-state index contributed by atoms with van der Waals surface area (Å²) in [5, 5.41) is 2.94. The highest BCUT2D eigenvalue weighted by Crippen LogP contribution is 2.46. The van der Waals surface area contributed by atoms with Crippen molar-refractivity contribution in [1.29, 1.82) is 0 Å². The van der Waals surface area contributed by atoms with Crippen LogP contribution in [-0.2, 0) is 6.42 Å². The van der Waals surface area contributed by atoms with Crippen LogP contribution < -0.4 is 4.90 Å². The van der Waals surface area contributed by atoms with Gasteiger partial charge in [-0.15, -0.1) is 0 Å². The van der Waals surface area contributed by atoms with Crippen molar-refractivity contribution in [2.45, 2.75) is 48.0 Å². The lowest BCUT2D eigenvalue weighted by molar-refractivity contribution is 1.09. The molecule has 0 amide bonds. The summed E-state index contributed by atoms with van der Waals surface area (Å²) in [4.78, 5) is 2.35. The minimum Gasteiger partial charge on any atom is -0.347 e. The van der Waals surface area contributed by atoms with Gasteiger partial charge in [-0.1, -0.05) is 12.7 Å². The molecule has 2 aromatic carbocycles. The maximum atomic E-state index is 3.88. The molecule has 120 valence electrons. The Balaban J connectivity index is 2.54. The van der Waals surface area contributed by atoms with Crippen molar-refractivity contribution in [3.63, 3.8) is 0 Å². The second-order valence-corrected chi connectivity index (χ2v) is 6.96. The first-order valence-electron chi connectivity index (χ1n) is 8.38. The number of anilines is 1. The zero-order valence-electron chi connectivity index (χ0n) is 15.5. The number of aryl methyl sites for hydroxylation is 3. The van der Waals surface area contributed by atoms with Crippen LogP contribution in [0.1, 0.15) is 38.9 Å². The van der Waals surface area contributed by atoms with Crippen LogP contribution in [-0.4, -0.2) is 7.05 Å². The Bertz CT molecular complexity index is 881. The summed E-state index contributed by atoms with van der Waals surface area (Å²) in [6.45, 7) is 17.5. The molecule has 1 heteroatoms. The second kappa shape index (κ2) is 5.26. The smallest absolute Gasteiger partial charge is 0.0481 e. The van der Waals surface area contributed by atoms with E-state index in [-0.39, 0.29) is 0 Å². The molecule has 0 radical (unpaired) electrons. The van der Waals surface area contributed by atoms with E-state index in [1.54, 1.807) is 0 Å². The molecular weight excluding hydrogens is 278 g/mol. The number of nitrogens with zero attached hydrogens (tertiary/aromatic N) is 1. The van der Waals surface area contributed by atoms with Crippen LogP contribution >= 0.6 is 0 Å². The maximum Gasteiger partial charge on any atom is 0.0481 e. The molecule has 0 N–H and O–H groups in total. The van der Waals surface area contributed by atoms with Crippen molar-refractivity contribution < 1.29 is 0 Å². The molecule has 0 aromatic heterocycles. The van der Waals surface area contributed by atoms with Crippen LogP contribution in [0.2, 0.25) is 0 Å². The van der Waals surface area contributed by atoms with Crippen LogP contribution in [0.15, 0.2) is 24.4 Å². The standard InChI is InChI=1S/C22H27N/c1-9-10-18-11-19-21-15(5)13(3)12(2)14(4)20(21)16(6)17(7)22(19)23(18)8/h9-10H,1,11H2,2-8H3/b18-10+. The van der Waals surface area contributed by atoms with E-state index in [0.29, 0.717) is 0 Å². The second-order valence-electron chi connectivity index (χ2n) is 6.96. The van der Waals surface area contributed by atoms with Gasteiger partial charge in [0.05, 0.1) is 0 Å². The highest BCUT2D eigenvalue weighted by atomic mass is 15.1. The molecule has 0 unspecified atom stereocenters. The lowest BCUT2D eigenvalue weighted by atomic mass is 9.84. The molecule has 1 aliphatic heterocycles. The van der Waals surface area contributed by atoms with Gasteiger partial charge in [0.25, 0.3) is 0 Å². The van der Waals surface area contributed by atoms with E-state index in [0.717, 1.165) is 6.42 Å². The lowest BCUT2D eigenvalue weighted by Crippen LogP contribution is -2.12. The van der Waals surface area contributed by atoms with Crippen molar-refractivity contribution in [1.82, 2.24) is 0 Å². The van der Waals surface area contributed by atoms with Gasteiger partial charge in [-0.2, -0.15) is 0 Å². The van der Waals surface area contributed by atoms with Gasteiger partial charge >= 0.3 is 0 Å². The molecule has 0 fully saturated rings. The minimum absolute atomic E-state index is 0.998. The average Bonchev–Trinajstić information content (AvgIpc) is 2.84. The fraction of sp³-hybridized carbons (Fsp3) is 0.364. The topological polar surface area (TPSA) is 3.24 Å². The van der Waals surface area contributed by atoms with E-state index in [4.69, 9.17) is 0 Å². The monoisotopic (exact) mass is 305 g/mol. The number of hydrogen-bond donors (Lipinski definition) is 0. The Labute approximate surface area is 140 Å². The van der Waals surface area contributed by atoms with Crippen molar-refractivity contribution in [3.8, 4) is 0 Å². The van der Waals surface area contributed by atoms with Crippen LogP contribution in [0.25, 0.3) is 10.8 Å². The molecule has 1 aliphatic rings. The number of hydrogen-bond acceptors (Lipinski definition) is 1. The first-order chi connectivity index (χ1) is 10.8. The number of fused-ring (bicyclic) bond motifs is 3. The molecule has 23 heavy (non-hydrogen) atoms. The molecule has 2 aromatic rings. The highest BCUT2D eigenvalue weighted by molar-refractivity contribution is 6.02. The van der Waals surface area contributed by atoms with E-state index in [1.165, 1.54) is 61.1 Å². The van der Waals surface area contributed by atoms with E-state index in [1.807, 2.05) is 6.08 Å². The summed E-state index contributed by atoms with van der Waals surface area (Å²) >= 11 is 0. The molecule has 0 aliphatic carbocycles. The minimum atomic E-state index is 0.998. The highest BCUT2D eigenvalue weighted by Gasteiger charge is 2.28. The van der Waals surface area contributed by atoms with Crippen LogP contribution in [0.4, 0.5) is 5.69 Å². The molecule has 0 atom stereocenters. The quantitative estimate of drug-likeness (QED) is 0.648. The Morgan fingerprint density at radius 2 is 1.30 bits per heavy atom. The molecular formula is C22H27N. The fourth-order valence-electron chi connectivity index (χ4n) is 4.24. The largest absolute Gasteiger partial charge is 0.347 e. The molecule has 0 spiro atoms. The number of benzene rings is 2. The van der Waals surface area contributed by atoms with Gasteiger partial charge in [0.15, 0.2) is 0 Å². The van der Waals surface area contributed by atoms with Crippen LogP contribution in [0, 0.1) is 41.5 Å².